The van der Waals surface area contributed by atoms with Crippen LogP contribution in [0.3, 0.4) is 0 Å². The van der Waals surface area contributed by atoms with Gasteiger partial charge in [-0.15, -0.1) is 0 Å². The normalized spacial score (nSPS) is 14.3. The first-order valence-electron chi connectivity index (χ1n) is 11.2. The molecular weight excluding hydrogens is 392 g/mol. The van der Waals surface area contributed by atoms with Gasteiger partial charge in [-0.2, -0.15) is 0 Å². The molecule has 0 saturated carbocycles. The van der Waals surface area contributed by atoms with Crippen LogP contribution in [0.5, 0.6) is 0 Å². The van der Waals surface area contributed by atoms with Crippen molar-refractivity contribution >= 4 is 17.1 Å². The van der Waals surface area contributed by atoms with E-state index in [1.807, 2.05) is 19.1 Å². The van der Waals surface area contributed by atoms with Crippen molar-refractivity contribution in [2.45, 2.75) is 39.5 Å². The van der Waals surface area contributed by atoms with Gasteiger partial charge in [0.05, 0.1) is 12.2 Å². The number of allylic oxidation sites excluding steroid dienone is 1. The van der Waals surface area contributed by atoms with Crippen LogP contribution in [0.15, 0.2) is 79.4 Å². The fourth-order valence-electron chi connectivity index (χ4n) is 4.32. The largest absolute Gasteiger partial charge is 0.462 e. The van der Waals surface area contributed by atoms with Gasteiger partial charge in [0.15, 0.2) is 0 Å². The Labute approximate surface area is 191 Å². The molecule has 0 aliphatic heterocycles. The van der Waals surface area contributed by atoms with Crippen molar-refractivity contribution in [3.8, 4) is 0 Å². The number of fused-ring (bicyclic) bond motifs is 1. The second-order valence-corrected chi connectivity index (χ2v) is 9.11. The van der Waals surface area contributed by atoms with Gasteiger partial charge in [0.25, 0.3) is 0 Å². The van der Waals surface area contributed by atoms with E-state index in [4.69, 9.17) is 4.74 Å². The zero-order valence-corrected chi connectivity index (χ0v) is 19.4. The third-order valence-electron chi connectivity index (χ3n) is 6.31. The third kappa shape index (κ3) is 4.18. The lowest BCUT2D eigenvalue weighted by atomic mass is 9.71. The van der Waals surface area contributed by atoms with Crippen molar-refractivity contribution in [2.24, 2.45) is 0 Å². The number of hydrogen-bond donors (Lipinski definition) is 0. The van der Waals surface area contributed by atoms with E-state index < -0.39 is 0 Å². The summed E-state index contributed by atoms with van der Waals surface area (Å²) in [6.07, 6.45) is 3.38. The number of hydrogen-bond acceptors (Lipinski definition) is 2. The zero-order chi connectivity index (χ0) is 22.9. The minimum atomic E-state index is -0.298. The molecule has 32 heavy (non-hydrogen) atoms. The molecule has 0 amide bonds. The summed E-state index contributed by atoms with van der Waals surface area (Å²) >= 11 is 0. The second-order valence-electron chi connectivity index (χ2n) is 9.11. The highest BCUT2D eigenvalue weighted by atomic mass is 16.5. The summed E-state index contributed by atoms with van der Waals surface area (Å²) in [4.78, 5) is 12.0. The first-order valence-corrected chi connectivity index (χ1v) is 11.2. The molecule has 0 spiro atoms. The van der Waals surface area contributed by atoms with E-state index in [0.29, 0.717) is 12.2 Å². The molecule has 1 aliphatic rings. The highest BCUT2D eigenvalue weighted by Gasteiger charge is 2.29. The van der Waals surface area contributed by atoms with E-state index in [0.717, 1.165) is 23.1 Å². The molecule has 2 heteroatoms. The average molecular weight is 423 g/mol. The predicted octanol–water partition coefficient (Wildman–Crippen LogP) is 7.35. The molecule has 0 unspecified atom stereocenters. The second kappa shape index (κ2) is 8.63. The Morgan fingerprint density at radius 3 is 2.22 bits per heavy atom. The van der Waals surface area contributed by atoms with E-state index in [1.165, 1.54) is 27.8 Å². The van der Waals surface area contributed by atoms with Crippen LogP contribution in [0, 0.1) is 6.92 Å². The monoisotopic (exact) mass is 422 g/mol. The molecule has 0 radical (unpaired) electrons. The fraction of sp³-hybridized carbons (Fsp3) is 0.233. The number of esters is 1. The summed E-state index contributed by atoms with van der Waals surface area (Å²) < 4.78 is 5.09. The van der Waals surface area contributed by atoms with Crippen LogP contribution in [-0.2, 0) is 10.2 Å². The van der Waals surface area contributed by atoms with Gasteiger partial charge >= 0.3 is 5.97 Å². The van der Waals surface area contributed by atoms with Crippen molar-refractivity contribution in [3.05, 3.63) is 118 Å². The Bertz CT molecular complexity index is 1190. The van der Waals surface area contributed by atoms with Crippen molar-refractivity contribution in [2.75, 3.05) is 6.61 Å². The van der Waals surface area contributed by atoms with Gasteiger partial charge < -0.3 is 4.74 Å². The lowest BCUT2D eigenvalue weighted by molar-refractivity contribution is 0.0526. The van der Waals surface area contributed by atoms with E-state index >= 15 is 0 Å². The Kier molecular flexibility index (Phi) is 5.88. The predicted molar refractivity (Wildman–Crippen MR) is 133 cm³/mol. The average Bonchev–Trinajstić information content (AvgIpc) is 2.79. The first kappa shape index (κ1) is 21.8. The van der Waals surface area contributed by atoms with Gasteiger partial charge in [-0.1, -0.05) is 80.6 Å². The number of benzene rings is 3. The molecule has 0 N–H and O–H groups in total. The molecule has 0 aromatic heterocycles. The summed E-state index contributed by atoms with van der Waals surface area (Å²) in [5, 5.41) is 0. The molecule has 1 aliphatic carbocycles. The highest BCUT2D eigenvalue weighted by molar-refractivity contribution is 5.91. The maximum Gasteiger partial charge on any atom is 0.338 e. The van der Waals surface area contributed by atoms with Crippen LogP contribution in [0.25, 0.3) is 11.1 Å². The molecule has 2 nitrogen and oxygen atoms in total. The number of rotatable bonds is 5. The maximum atomic E-state index is 12.0. The molecule has 3 aromatic carbocycles. The van der Waals surface area contributed by atoms with Crippen molar-refractivity contribution in [1.29, 1.82) is 0 Å². The summed E-state index contributed by atoms with van der Waals surface area (Å²) in [5.41, 5.74) is 10.1. The Balaban J connectivity index is 1.71. The molecule has 0 bridgehead atoms. The molecule has 0 fully saturated rings. The minimum absolute atomic E-state index is 0.0880. The van der Waals surface area contributed by atoms with Gasteiger partial charge in [0.1, 0.15) is 0 Å². The van der Waals surface area contributed by atoms with Crippen molar-refractivity contribution < 1.29 is 9.53 Å². The maximum absolute atomic E-state index is 12.0. The SMILES string of the molecule is C=C(c1ccc(C(=O)OCC)cc1)c1ccc2c(c1)C(c1ccc(C)cc1)=CCC2(C)C. The van der Waals surface area contributed by atoms with Crippen molar-refractivity contribution in [1.82, 2.24) is 0 Å². The van der Waals surface area contributed by atoms with Crippen molar-refractivity contribution in [3.63, 3.8) is 0 Å². The lowest BCUT2D eigenvalue weighted by Gasteiger charge is -2.33. The number of ether oxygens (including phenoxy) is 1. The fourth-order valence-corrected chi connectivity index (χ4v) is 4.32. The smallest absolute Gasteiger partial charge is 0.338 e. The van der Waals surface area contributed by atoms with Crippen LogP contribution < -0.4 is 0 Å². The summed E-state index contributed by atoms with van der Waals surface area (Å²) in [5.74, 6) is -0.298. The van der Waals surface area contributed by atoms with Gasteiger partial charge in [-0.05, 0) is 82.8 Å². The van der Waals surface area contributed by atoms with E-state index in [9.17, 15) is 4.79 Å². The number of carbonyl (C=O) groups is 1. The van der Waals surface area contributed by atoms with Gasteiger partial charge in [-0.3, -0.25) is 0 Å². The lowest BCUT2D eigenvalue weighted by Crippen LogP contribution is -2.22. The molecule has 0 atom stereocenters. The summed E-state index contributed by atoms with van der Waals surface area (Å²) in [7, 11) is 0. The Morgan fingerprint density at radius 1 is 0.938 bits per heavy atom. The van der Waals surface area contributed by atoms with Crippen LogP contribution in [-0.4, -0.2) is 12.6 Å². The summed E-state index contributed by atoms with van der Waals surface area (Å²) in [6, 6.07) is 22.9. The Hall–Kier alpha value is -3.39. The van der Waals surface area contributed by atoms with E-state index in [-0.39, 0.29) is 11.4 Å². The Morgan fingerprint density at radius 2 is 1.56 bits per heavy atom. The molecule has 0 saturated heterocycles. The minimum Gasteiger partial charge on any atom is -0.462 e. The van der Waals surface area contributed by atoms with Gasteiger partial charge in [0, 0.05) is 0 Å². The van der Waals surface area contributed by atoms with E-state index in [1.54, 1.807) is 12.1 Å². The van der Waals surface area contributed by atoms with Crippen LogP contribution in [0.1, 0.15) is 70.9 Å². The number of carbonyl (C=O) groups excluding carboxylic acids is 1. The molecular formula is C30H30O2. The summed E-state index contributed by atoms with van der Waals surface area (Å²) in [6.45, 7) is 13.3. The molecule has 162 valence electrons. The van der Waals surface area contributed by atoms with Crippen LogP contribution >= 0.6 is 0 Å². The van der Waals surface area contributed by atoms with E-state index in [2.05, 4.69) is 75.9 Å². The first-order chi connectivity index (χ1) is 15.3. The molecule has 3 aromatic rings. The quantitative estimate of drug-likeness (QED) is 0.402. The zero-order valence-electron chi connectivity index (χ0n) is 19.4. The topological polar surface area (TPSA) is 26.3 Å². The van der Waals surface area contributed by atoms with Gasteiger partial charge in [0.2, 0.25) is 0 Å². The molecule has 4 rings (SSSR count). The third-order valence-corrected chi connectivity index (χ3v) is 6.31. The van der Waals surface area contributed by atoms with Gasteiger partial charge in [-0.25, -0.2) is 4.79 Å². The standard InChI is InChI=1S/C30H30O2/c1-6-32-29(31)24-13-11-22(12-14-24)21(3)25-15-16-28-27(19-25)26(17-18-30(28,4)5)23-9-7-20(2)8-10-23/h7-17,19H,3,6,18H2,1-2,4-5H3. The highest BCUT2D eigenvalue weighted by Crippen LogP contribution is 2.42. The molecule has 0 heterocycles. The van der Waals surface area contributed by atoms with Crippen LogP contribution in [0.4, 0.5) is 0 Å². The van der Waals surface area contributed by atoms with Crippen LogP contribution in [0.2, 0.25) is 0 Å². The number of aryl methyl sites for hydroxylation is 1.